The summed E-state index contributed by atoms with van der Waals surface area (Å²) in [6.07, 6.45) is 4.28. The minimum atomic E-state index is -0.889. The highest BCUT2D eigenvalue weighted by Crippen LogP contribution is 2.13. The van der Waals surface area contributed by atoms with Crippen LogP contribution in [0.3, 0.4) is 0 Å². The molecule has 3 rings (SSSR count). The fraction of sp³-hybridized carbons (Fsp3) is 0.111. The van der Waals surface area contributed by atoms with E-state index in [1.165, 1.54) is 24.3 Å². The number of imidazole rings is 1. The second-order valence-electron chi connectivity index (χ2n) is 5.29. The van der Waals surface area contributed by atoms with E-state index in [1.807, 2.05) is 22.9 Å². The predicted molar refractivity (Wildman–Crippen MR) is 87.3 cm³/mol. The van der Waals surface area contributed by atoms with E-state index in [4.69, 9.17) is 0 Å². The minimum Gasteiger partial charge on any atom is -0.387 e. The maximum Gasteiger partial charge on any atom is 0.251 e. The standard InChI is InChI=1S/C18H16FN3O2/c19-15-5-1-13(2-6-15)17(23)11-21-18(24)14-3-7-16(8-4-14)22-10-9-20-12-22/h1-10,12,17,23H,11H2,(H,21,24)/t17-/m0/s1. The molecule has 24 heavy (non-hydrogen) atoms. The lowest BCUT2D eigenvalue weighted by molar-refractivity contribution is 0.0916. The summed E-state index contributed by atoms with van der Waals surface area (Å²) in [5.41, 5.74) is 1.94. The normalized spacial score (nSPS) is 11.9. The number of rotatable bonds is 5. The van der Waals surface area contributed by atoms with Gasteiger partial charge in [-0.1, -0.05) is 12.1 Å². The maximum atomic E-state index is 12.9. The first-order valence-electron chi connectivity index (χ1n) is 7.43. The summed E-state index contributed by atoms with van der Waals surface area (Å²) in [4.78, 5) is 16.1. The number of nitrogens with one attached hydrogen (secondary N) is 1. The molecule has 3 aromatic rings. The quantitative estimate of drug-likeness (QED) is 0.757. The first-order valence-corrected chi connectivity index (χ1v) is 7.43. The molecule has 1 amide bonds. The fourth-order valence-electron chi connectivity index (χ4n) is 2.29. The van der Waals surface area contributed by atoms with Gasteiger partial charge in [-0.3, -0.25) is 4.79 Å². The van der Waals surface area contributed by atoms with Gasteiger partial charge in [-0.25, -0.2) is 9.37 Å². The number of aliphatic hydroxyl groups is 1. The zero-order valence-electron chi connectivity index (χ0n) is 12.8. The number of hydrogen-bond donors (Lipinski definition) is 2. The van der Waals surface area contributed by atoms with E-state index in [0.717, 1.165) is 5.69 Å². The van der Waals surface area contributed by atoms with E-state index in [1.54, 1.807) is 24.7 Å². The molecule has 0 aliphatic rings. The van der Waals surface area contributed by atoms with E-state index in [2.05, 4.69) is 10.3 Å². The van der Waals surface area contributed by atoms with Crippen LogP contribution in [0, 0.1) is 5.82 Å². The molecule has 0 aliphatic carbocycles. The molecule has 0 radical (unpaired) electrons. The summed E-state index contributed by atoms with van der Waals surface area (Å²) in [6, 6.07) is 12.6. The zero-order chi connectivity index (χ0) is 16.9. The number of benzene rings is 2. The van der Waals surface area contributed by atoms with E-state index in [-0.39, 0.29) is 18.3 Å². The van der Waals surface area contributed by atoms with Gasteiger partial charge >= 0.3 is 0 Å². The van der Waals surface area contributed by atoms with Crippen molar-refractivity contribution in [1.82, 2.24) is 14.9 Å². The van der Waals surface area contributed by atoms with Gasteiger partial charge in [0.1, 0.15) is 5.82 Å². The number of aliphatic hydroxyl groups excluding tert-OH is 1. The van der Waals surface area contributed by atoms with Crippen molar-refractivity contribution in [2.75, 3.05) is 6.54 Å². The van der Waals surface area contributed by atoms with Crippen LogP contribution in [0.4, 0.5) is 4.39 Å². The van der Waals surface area contributed by atoms with Crippen molar-refractivity contribution >= 4 is 5.91 Å². The Balaban J connectivity index is 1.59. The van der Waals surface area contributed by atoms with Gasteiger partial charge in [-0.2, -0.15) is 0 Å². The minimum absolute atomic E-state index is 0.0493. The monoisotopic (exact) mass is 325 g/mol. The van der Waals surface area contributed by atoms with Crippen LogP contribution < -0.4 is 5.32 Å². The summed E-state index contributed by atoms with van der Waals surface area (Å²) < 4.78 is 14.7. The molecule has 122 valence electrons. The Kier molecular flexibility index (Phi) is 4.67. The number of carbonyl (C=O) groups excluding carboxylic acids is 1. The number of aromatic nitrogens is 2. The van der Waals surface area contributed by atoms with Gasteiger partial charge in [0.05, 0.1) is 12.4 Å². The van der Waals surface area contributed by atoms with Crippen LogP contribution in [0.15, 0.2) is 67.3 Å². The molecule has 0 spiro atoms. The molecule has 1 atom stereocenters. The Morgan fingerprint density at radius 2 is 1.88 bits per heavy atom. The topological polar surface area (TPSA) is 67.2 Å². The average Bonchev–Trinajstić information content (AvgIpc) is 3.15. The molecule has 0 saturated carbocycles. The van der Waals surface area contributed by atoms with Crippen LogP contribution in [0.1, 0.15) is 22.0 Å². The van der Waals surface area contributed by atoms with Gasteiger partial charge in [0.25, 0.3) is 5.91 Å². The lowest BCUT2D eigenvalue weighted by Crippen LogP contribution is -2.28. The van der Waals surface area contributed by atoms with Crippen LogP contribution in [-0.4, -0.2) is 27.1 Å². The van der Waals surface area contributed by atoms with Crippen molar-refractivity contribution in [1.29, 1.82) is 0 Å². The molecule has 0 unspecified atom stereocenters. The lowest BCUT2D eigenvalue weighted by Gasteiger charge is -2.12. The number of halogens is 1. The molecule has 1 aromatic heterocycles. The number of nitrogens with zero attached hydrogens (tertiary/aromatic N) is 2. The van der Waals surface area contributed by atoms with Crippen LogP contribution in [0.2, 0.25) is 0 Å². The fourth-order valence-corrected chi connectivity index (χ4v) is 2.29. The molecule has 5 nitrogen and oxygen atoms in total. The Labute approximate surface area is 138 Å². The molecular formula is C18H16FN3O2. The van der Waals surface area contributed by atoms with Crippen molar-refractivity contribution in [2.24, 2.45) is 0 Å². The van der Waals surface area contributed by atoms with Crippen molar-refractivity contribution in [3.63, 3.8) is 0 Å². The van der Waals surface area contributed by atoms with E-state index >= 15 is 0 Å². The van der Waals surface area contributed by atoms with Crippen molar-refractivity contribution in [3.8, 4) is 5.69 Å². The predicted octanol–water partition coefficient (Wildman–Crippen LogP) is 2.47. The van der Waals surface area contributed by atoms with Crippen LogP contribution >= 0.6 is 0 Å². The molecule has 1 heterocycles. The third-order valence-electron chi connectivity index (χ3n) is 3.64. The number of amides is 1. The second-order valence-corrected chi connectivity index (χ2v) is 5.29. The van der Waals surface area contributed by atoms with Crippen molar-refractivity contribution in [3.05, 3.63) is 84.2 Å². The third-order valence-corrected chi connectivity index (χ3v) is 3.64. The van der Waals surface area contributed by atoms with Crippen molar-refractivity contribution in [2.45, 2.75) is 6.10 Å². The van der Waals surface area contributed by atoms with Gasteiger partial charge in [0, 0.05) is 30.2 Å². The molecule has 0 aliphatic heterocycles. The molecule has 2 N–H and O–H groups in total. The maximum absolute atomic E-state index is 12.9. The summed E-state index contributed by atoms with van der Waals surface area (Å²) in [5, 5.41) is 12.7. The van der Waals surface area contributed by atoms with Crippen LogP contribution in [-0.2, 0) is 0 Å². The Bertz CT molecular complexity index is 799. The smallest absolute Gasteiger partial charge is 0.251 e. The lowest BCUT2D eigenvalue weighted by atomic mass is 10.1. The number of hydrogen-bond acceptors (Lipinski definition) is 3. The molecular weight excluding hydrogens is 309 g/mol. The Morgan fingerprint density at radius 1 is 1.17 bits per heavy atom. The van der Waals surface area contributed by atoms with E-state index in [0.29, 0.717) is 11.1 Å². The van der Waals surface area contributed by atoms with Gasteiger partial charge in [0.2, 0.25) is 0 Å². The highest BCUT2D eigenvalue weighted by Gasteiger charge is 2.11. The molecule has 0 saturated heterocycles. The summed E-state index contributed by atoms with van der Waals surface area (Å²) in [7, 11) is 0. The SMILES string of the molecule is O=C(NC[C@H](O)c1ccc(F)cc1)c1ccc(-n2ccnc2)cc1. The third kappa shape index (κ3) is 3.67. The van der Waals surface area contributed by atoms with Gasteiger partial charge < -0.3 is 15.0 Å². The second kappa shape index (κ2) is 7.06. The molecule has 2 aromatic carbocycles. The van der Waals surface area contributed by atoms with Crippen molar-refractivity contribution < 1.29 is 14.3 Å². The molecule has 0 fully saturated rings. The van der Waals surface area contributed by atoms with Gasteiger partial charge in [-0.05, 0) is 42.0 Å². The molecule has 6 heteroatoms. The Hall–Kier alpha value is -2.99. The van der Waals surface area contributed by atoms with E-state index < -0.39 is 6.10 Å². The van der Waals surface area contributed by atoms with Gasteiger partial charge in [-0.15, -0.1) is 0 Å². The number of carbonyl (C=O) groups is 1. The molecule has 0 bridgehead atoms. The largest absolute Gasteiger partial charge is 0.387 e. The Morgan fingerprint density at radius 3 is 2.50 bits per heavy atom. The zero-order valence-corrected chi connectivity index (χ0v) is 12.8. The summed E-state index contributed by atoms with van der Waals surface area (Å²) in [5.74, 6) is -0.652. The first kappa shape index (κ1) is 15.9. The summed E-state index contributed by atoms with van der Waals surface area (Å²) in [6.45, 7) is 0.0493. The highest BCUT2D eigenvalue weighted by atomic mass is 19.1. The van der Waals surface area contributed by atoms with E-state index in [9.17, 15) is 14.3 Å². The van der Waals surface area contributed by atoms with Crippen LogP contribution in [0.25, 0.3) is 5.69 Å². The highest BCUT2D eigenvalue weighted by molar-refractivity contribution is 5.94. The van der Waals surface area contributed by atoms with Gasteiger partial charge in [0.15, 0.2) is 0 Å². The summed E-state index contributed by atoms with van der Waals surface area (Å²) >= 11 is 0. The average molecular weight is 325 g/mol. The first-order chi connectivity index (χ1) is 11.6. The van der Waals surface area contributed by atoms with Crippen LogP contribution in [0.5, 0.6) is 0 Å².